The number of hydrogen-bond acceptors (Lipinski definition) is 3. The Morgan fingerprint density at radius 1 is 0.263 bits per heavy atom. The van der Waals surface area contributed by atoms with Gasteiger partial charge in [0.15, 0.2) is 0 Å². The Kier molecular flexibility index (Phi) is 10.2. The molecule has 0 aliphatic heterocycles. The molecule has 0 atom stereocenters. The lowest BCUT2D eigenvalue weighted by Gasteiger charge is -2.29. The maximum Gasteiger partial charge on any atom is 0.143 e. The molecule has 76 heavy (non-hydrogen) atoms. The molecule has 4 heteroatoms. The minimum Gasteiger partial charge on any atom is -0.455 e. The van der Waals surface area contributed by atoms with Gasteiger partial charge in [0.2, 0.25) is 0 Å². The Bertz CT molecular complexity index is 4470. The summed E-state index contributed by atoms with van der Waals surface area (Å²) >= 11 is 0. The van der Waals surface area contributed by atoms with Gasteiger partial charge in [0.05, 0.1) is 22.4 Å². The Morgan fingerprint density at radius 2 is 0.684 bits per heavy atom. The van der Waals surface area contributed by atoms with Crippen molar-refractivity contribution >= 4 is 82.7 Å². The molecule has 0 aliphatic carbocycles. The monoisotopic (exact) mass is 970 g/mol. The van der Waals surface area contributed by atoms with E-state index in [9.17, 15) is 0 Å². The molecule has 15 rings (SSSR count). The number of fused-ring (bicyclic) bond motifs is 9. The SMILES string of the molecule is c1ccc(-c2ccc(-c3ccc(-c4ccccc4)c(-n4c5ccccc5c5ccccc54)c3)c(N(c3ccc(-c4cccc5c4oc4ccccc45)cc3)c3ccc(-c4cccc5c4oc4ccccc45)cc3)c2)cc1. The van der Waals surface area contributed by atoms with E-state index < -0.39 is 0 Å². The highest BCUT2D eigenvalue weighted by Gasteiger charge is 2.23. The van der Waals surface area contributed by atoms with Crippen molar-refractivity contribution in [3.05, 3.63) is 279 Å². The van der Waals surface area contributed by atoms with Crippen molar-refractivity contribution in [2.24, 2.45) is 0 Å². The summed E-state index contributed by atoms with van der Waals surface area (Å²) in [4.78, 5) is 2.42. The molecular formula is C72H46N2O2. The largest absolute Gasteiger partial charge is 0.455 e. The van der Waals surface area contributed by atoms with Gasteiger partial charge in [0, 0.05) is 65.9 Å². The van der Waals surface area contributed by atoms with E-state index in [4.69, 9.17) is 8.83 Å². The summed E-state index contributed by atoms with van der Waals surface area (Å²) in [7, 11) is 0. The Morgan fingerprint density at radius 3 is 1.24 bits per heavy atom. The third-order valence-electron chi connectivity index (χ3n) is 15.2. The first-order valence-corrected chi connectivity index (χ1v) is 25.9. The van der Waals surface area contributed by atoms with Gasteiger partial charge >= 0.3 is 0 Å². The molecule has 0 amide bonds. The maximum atomic E-state index is 6.57. The van der Waals surface area contributed by atoms with Crippen LogP contribution in [0.25, 0.3) is 127 Å². The van der Waals surface area contributed by atoms with Crippen LogP contribution in [0.3, 0.4) is 0 Å². The van der Waals surface area contributed by atoms with E-state index in [1.807, 2.05) is 24.3 Å². The topological polar surface area (TPSA) is 34.5 Å². The number of rotatable bonds is 9. The fraction of sp³-hybridized carbons (Fsp3) is 0. The highest BCUT2D eigenvalue weighted by molar-refractivity contribution is 6.12. The molecule has 3 aromatic heterocycles. The van der Waals surface area contributed by atoms with E-state index in [0.29, 0.717) is 0 Å². The van der Waals surface area contributed by atoms with Crippen LogP contribution in [0, 0.1) is 0 Å². The van der Waals surface area contributed by atoms with Crippen LogP contribution in [-0.4, -0.2) is 4.57 Å². The van der Waals surface area contributed by atoms with Crippen molar-refractivity contribution in [1.29, 1.82) is 0 Å². The average Bonchev–Trinajstić information content (AvgIpc) is 4.19. The standard InChI is InChI=1S/C72H46N2O2/c1-3-17-47(18-4-1)51-37-43-56(52-38-44-55(48-19-5-2-6-20-48)68(46-52)74-65-29-11-7-21-59(65)60-22-8-12-30-66(60)74)67(45-51)73(53-39-33-49(34-40-53)57-25-15-27-63-61-23-9-13-31-69(61)75-71(57)63)54-41-35-50(36-42-54)58-26-16-28-64-62-24-10-14-32-70(62)76-72(58)64/h1-46H. The Labute approximate surface area is 439 Å². The predicted octanol–water partition coefficient (Wildman–Crippen LogP) is 20.4. The number of benzene rings is 12. The van der Waals surface area contributed by atoms with Gasteiger partial charge in [-0.1, -0.05) is 218 Å². The van der Waals surface area contributed by atoms with Crippen LogP contribution >= 0.6 is 0 Å². The van der Waals surface area contributed by atoms with E-state index in [1.165, 1.54) is 10.8 Å². The van der Waals surface area contributed by atoms with Crippen LogP contribution in [0.2, 0.25) is 0 Å². The normalized spacial score (nSPS) is 11.7. The predicted molar refractivity (Wildman–Crippen MR) is 317 cm³/mol. The van der Waals surface area contributed by atoms with Crippen molar-refractivity contribution in [3.8, 4) is 61.3 Å². The van der Waals surface area contributed by atoms with E-state index >= 15 is 0 Å². The van der Waals surface area contributed by atoms with Crippen molar-refractivity contribution < 1.29 is 8.83 Å². The molecule has 4 nitrogen and oxygen atoms in total. The van der Waals surface area contributed by atoms with Crippen LogP contribution in [-0.2, 0) is 0 Å². The van der Waals surface area contributed by atoms with Crippen molar-refractivity contribution in [1.82, 2.24) is 4.57 Å². The maximum absolute atomic E-state index is 6.57. The van der Waals surface area contributed by atoms with E-state index in [-0.39, 0.29) is 0 Å². The molecule has 3 heterocycles. The number of para-hydroxylation sites is 6. The van der Waals surface area contributed by atoms with Crippen molar-refractivity contribution in [2.75, 3.05) is 4.90 Å². The molecule has 0 saturated heterocycles. The quantitative estimate of drug-likeness (QED) is 0.145. The summed E-state index contributed by atoms with van der Waals surface area (Å²) in [5.41, 5.74) is 21.1. The molecule has 0 bridgehead atoms. The molecular weight excluding hydrogens is 925 g/mol. The first kappa shape index (κ1) is 43.4. The minimum atomic E-state index is 0.886. The Balaban J connectivity index is 0.953. The molecule has 0 saturated carbocycles. The molecule has 0 radical (unpaired) electrons. The van der Waals surface area contributed by atoms with Gasteiger partial charge in [0.25, 0.3) is 0 Å². The van der Waals surface area contributed by atoms with Gasteiger partial charge in [-0.15, -0.1) is 0 Å². The Hall–Kier alpha value is -10.2. The minimum absolute atomic E-state index is 0.886. The van der Waals surface area contributed by atoms with Crippen LogP contribution in [0.5, 0.6) is 0 Å². The van der Waals surface area contributed by atoms with Gasteiger partial charge in [-0.25, -0.2) is 0 Å². The summed E-state index contributed by atoms with van der Waals surface area (Å²) in [6, 6.07) is 100. The summed E-state index contributed by atoms with van der Waals surface area (Å²) in [5.74, 6) is 0. The van der Waals surface area contributed by atoms with Crippen molar-refractivity contribution in [2.45, 2.75) is 0 Å². The summed E-state index contributed by atoms with van der Waals surface area (Å²) in [6.07, 6.45) is 0. The summed E-state index contributed by atoms with van der Waals surface area (Å²) in [6.45, 7) is 0. The smallest absolute Gasteiger partial charge is 0.143 e. The second-order valence-electron chi connectivity index (χ2n) is 19.6. The number of aromatic nitrogens is 1. The number of furan rings is 2. The van der Waals surface area contributed by atoms with Gasteiger partial charge in [0.1, 0.15) is 22.3 Å². The molecule has 356 valence electrons. The van der Waals surface area contributed by atoms with Crippen LogP contribution in [0.1, 0.15) is 0 Å². The fourth-order valence-corrected chi connectivity index (χ4v) is 11.7. The summed E-state index contributed by atoms with van der Waals surface area (Å²) < 4.78 is 15.6. The molecule has 12 aromatic carbocycles. The lowest BCUT2D eigenvalue weighted by atomic mass is 9.94. The van der Waals surface area contributed by atoms with Gasteiger partial charge in [-0.3, -0.25) is 0 Å². The lowest BCUT2D eigenvalue weighted by Crippen LogP contribution is -2.11. The fourth-order valence-electron chi connectivity index (χ4n) is 11.7. The van der Waals surface area contributed by atoms with Crippen LogP contribution < -0.4 is 4.90 Å². The first-order chi connectivity index (χ1) is 37.7. The molecule has 0 N–H and O–H groups in total. The van der Waals surface area contributed by atoms with Crippen LogP contribution in [0.4, 0.5) is 17.1 Å². The highest BCUT2D eigenvalue weighted by Crippen LogP contribution is 2.47. The summed E-state index contributed by atoms with van der Waals surface area (Å²) in [5, 5.41) is 6.90. The zero-order valence-corrected chi connectivity index (χ0v) is 41.3. The van der Waals surface area contributed by atoms with E-state index in [1.54, 1.807) is 0 Å². The third-order valence-corrected chi connectivity index (χ3v) is 15.2. The van der Waals surface area contributed by atoms with Gasteiger partial charge < -0.3 is 18.3 Å². The average molecular weight is 971 g/mol. The number of anilines is 3. The van der Waals surface area contributed by atoms with Gasteiger partial charge in [-0.2, -0.15) is 0 Å². The van der Waals surface area contributed by atoms with Crippen molar-refractivity contribution in [3.63, 3.8) is 0 Å². The number of hydrogen-bond donors (Lipinski definition) is 0. The molecule has 0 unspecified atom stereocenters. The zero-order valence-electron chi connectivity index (χ0n) is 41.3. The third kappa shape index (κ3) is 7.14. The van der Waals surface area contributed by atoms with E-state index in [0.717, 1.165) is 133 Å². The first-order valence-electron chi connectivity index (χ1n) is 25.9. The molecule has 0 fully saturated rings. The second-order valence-corrected chi connectivity index (χ2v) is 19.6. The number of nitrogens with zero attached hydrogens (tertiary/aromatic N) is 2. The highest BCUT2D eigenvalue weighted by atomic mass is 16.3. The zero-order chi connectivity index (χ0) is 50.1. The second kappa shape index (κ2) is 17.8. The van der Waals surface area contributed by atoms with Crippen LogP contribution in [0.15, 0.2) is 288 Å². The van der Waals surface area contributed by atoms with E-state index in [2.05, 4.69) is 264 Å². The molecule has 0 aliphatic rings. The molecule has 15 aromatic rings. The van der Waals surface area contributed by atoms with Gasteiger partial charge in [-0.05, 0) is 94.0 Å². The molecule has 0 spiro atoms. The lowest BCUT2D eigenvalue weighted by molar-refractivity contribution is 0.669.